The highest BCUT2D eigenvalue weighted by Crippen LogP contribution is 2.23. The second kappa shape index (κ2) is 8.15. The highest BCUT2D eigenvalue weighted by Gasteiger charge is 2.15. The Kier molecular flexibility index (Phi) is 5.43. The molecule has 0 saturated heterocycles. The number of aromatic nitrogens is 2. The fourth-order valence-corrected chi connectivity index (χ4v) is 3.40. The number of esters is 1. The molecule has 0 radical (unpaired) electrons. The first-order chi connectivity index (χ1) is 14.0. The zero-order valence-electron chi connectivity index (χ0n) is 15.2. The van der Waals surface area contributed by atoms with Crippen molar-refractivity contribution in [3.63, 3.8) is 0 Å². The number of carbonyl (C=O) groups excluding carboxylic acids is 1. The molecule has 0 saturated carbocycles. The number of ether oxygens (including phenoxy) is 1. The van der Waals surface area contributed by atoms with Crippen LogP contribution in [0.3, 0.4) is 0 Å². The van der Waals surface area contributed by atoms with Gasteiger partial charge in [-0.2, -0.15) is 0 Å². The standard InChI is InChI=1S/C22H16Cl2N2O3/c23-15-8-6-13(7-9-15)4-5-14-10-19(25-12-14)22(28)29-20-11-16-17(24)2-1-3-18(16)26-21(20)27/h1-3,6-12,25H,4-5H2,(H,26,27). The van der Waals surface area contributed by atoms with E-state index in [1.165, 1.54) is 6.07 Å². The third-order valence-corrected chi connectivity index (χ3v) is 5.16. The number of hydrogen-bond donors (Lipinski definition) is 2. The van der Waals surface area contributed by atoms with Crippen molar-refractivity contribution >= 4 is 40.1 Å². The fourth-order valence-electron chi connectivity index (χ4n) is 3.05. The summed E-state index contributed by atoms with van der Waals surface area (Å²) in [6.07, 6.45) is 3.32. The van der Waals surface area contributed by atoms with Gasteiger partial charge in [-0.1, -0.05) is 41.4 Å². The van der Waals surface area contributed by atoms with Crippen molar-refractivity contribution in [2.75, 3.05) is 0 Å². The van der Waals surface area contributed by atoms with E-state index in [0.29, 0.717) is 20.9 Å². The summed E-state index contributed by atoms with van der Waals surface area (Å²) in [5, 5.41) is 1.76. The smallest absolute Gasteiger partial charge is 0.360 e. The zero-order valence-corrected chi connectivity index (χ0v) is 16.7. The van der Waals surface area contributed by atoms with Gasteiger partial charge in [0.05, 0.1) is 10.5 Å². The number of aromatic amines is 2. The summed E-state index contributed by atoms with van der Waals surface area (Å²) in [5.74, 6) is -0.743. The van der Waals surface area contributed by atoms with Crippen molar-refractivity contribution in [2.24, 2.45) is 0 Å². The quantitative estimate of drug-likeness (QED) is 0.432. The van der Waals surface area contributed by atoms with Gasteiger partial charge in [0.2, 0.25) is 0 Å². The van der Waals surface area contributed by atoms with Gasteiger partial charge in [-0.3, -0.25) is 4.79 Å². The van der Waals surface area contributed by atoms with Gasteiger partial charge >= 0.3 is 5.97 Å². The van der Waals surface area contributed by atoms with Crippen molar-refractivity contribution in [2.45, 2.75) is 12.8 Å². The Morgan fingerprint density at radius 3 is 2.52 bits per heavy atom. The maximum absolute atomic E-state index is 12.5. The molecule has 29 heavy (non-hydrogen) atoms. The van der Waals surface area contributed by atoms with Gasteiger partial charge < -0.3 is 14.7 Å². The lowest BCUT2D eigenvalue weighted by Gasteiger charge is -2.05. The van der Waals surface area contributed by atoms with Crippen molar-refractivity contribution in [1.82, 2.24) is 9.97 Å². The van der Waals surface area contributed by atoms with E-state index >= 15 is 0 Å². The SMILES string of the molecule is O=C(Oc1cc2c(Cl)cccc2[nH]c1=O)c1cc(CCc2ccc(Cl)cc2)c[nH]1. The van der Waals surface area contributed by atoms with Crippen LogP contribution in [-0.2, 0) is 12.8 Å². The van der Waals surface area contributed by atoms with Gasteiger partial charge in [-0.25, -0.2) is 4.79 Å². The second-order valence-electron chi connectivity index (χ2n) is 6.60. The number of rotatable bonds is 5. The molecule has 2 heterocycles. The van der Waals surface area contributed by atoms with Crippen LogP contribution in [0.15, 0.2) is 65.6 Å². The van der Waals surface area contributed by atoms with Gasteiger partial charge in [0, 0.05) is 16.6 Å². The Hall–Kier alpha value is -3.02. The topological polar surface area (TPSA) is 75.0 Å². The number of nitrogens with one attached hydrogen (secondary N) is 2. The number of pyridine rings is 1. The zero-order chi connectivity index (χ0) is 20.4. The van der Waals surface area contributed by atoms with Gasteiger partial charge in [0.25, 0.3) is 5.56 Å². The number of hydrogen-bond acceptors (Lipinski definition) is 3. The van der Waals surface area contributed by atoms with E-state index in [2.05, 4.69) is 9.97 Å². The maximum Gasteiger partial charge on any atom is 0.360 e. The Morgan fingerprint density at radius 2 is 1.72 bits per heavy atom. The second-order valence-corrected chi connectivity index (χ2v) is 7.45. The molecule has 2 aromatic carbocycles. The molecule has 0 atom stereocenters. The molecule has 5 nitrogen and oxygen atoms in total. The fraction of sp³-hybridized carbons (Fsp3) is 0.0909. The monoisotopic (exact) mass is 426 g/mol. The van der Waals surface area contributed by atoms with Gasteiger partial charge in [-0.15, -0.1) is 0 Å². The molecule has 0 aliphatic heterocycles. The van der Waals surface area contributed by atoms with Crippen LogP contribution in [0.25, 0.3) is 10.9 Å². The molecule has 0 aliphatic rings. The molecule has 0 bridgehead atoms. The van der Waals surface area contributed by atoms with Crippen LogP contribution in [0.2, 0.25) is 10.0 Å². The predicted molar refractivity (Wildman–Crippen MR) is 114 cm³/mol. The van der Waals surface area contributed by atoms with Crippen LogP contribution in [0.4, 0.5) is 0 Å². The summed E-state index contributed by atoms with van der Waals surface area (Å²) in [7, 11) is 0. The van der Waals surface area contributed by atoms with Crippen molar-refractivity contribution < 1.29 is 9.53 Å². The van der Waals surface area contributed by atoms with E-state index < -0.39 is 11.5 Å². The summed E-state index contributed by atoms with van der Waals surface area (Å²) in [6.45, 7) is 0. The number of aryl methyl sites for hydroxylation is 2. The Morgan fingerprint density at radius 1 is 0.966 bits per heavy atom. The molecule has 7 heteroatoms. The Balaban J connectivity index is 1.47. The minimum atomic E-state index is -0.639. The highest BCUT2D eigenvalue weighted by atomic mass is 35.5. The van der Waals surface area contributed by atoms with Gasteiger partial charge in [0.1, 0.15) is 5.69 Å². The number of fused-ring (bicyclic) bond motifs is 1. The molecular weight excluding hydrogens is 411 g/mol. The molecule has 0 amide bonds. The van der Waals surface area contributed by atoms with Crippen molar-refractivity contribution in [3.05, 3.63) is 98.0 Å². The molecule has 0 spiro atoms. The number of H-pyrrole nitrogens is 2. The minimum absolute atomic E-state index is 0.104. The van der Waals surface area contributed by atoms with E-state index in [1.54, 1.807) is 30.5 Å². The van der Waals surface area contributed by atoms with E-state index in [9.17, 15) is 9.59 Å². The molecule has 146 valence electrons. The van der Waals surface area contributed by atoms with Crippen LogP contribution >= 0.6 is 23.2 Å². The van der Waals surface area contributed by atoms with Crippen LogP contribution in [0, 0.1) is 0 Å². The molecular formula is C22H16Cl2N2O3. The minimum Gasteiger partial charge on any atom is -0.416 e. The summed E-state index contributed by atoms with van der Waals surface area (Å²) in [6, 6.07) is 16.0. The number of carbonyl (C=O) groups is 1. The van der Waals surface area contributed by atoms with Crippen LogP contribution in [0.5, 0.6) is 5.75 Å². The van der Waals surface area contributed by atoms with E-state index in [0.717, 1.165) is 24.0 Å². The summed E-state index contributed by atoms with van der Waals surface area (Å²) < 4.78 is 5.30. The Bertz CT molecular complexity index is 1240. The summed E-state index contributed by atoms with van der Waals surface area (Å²) in [4.78, 5) is 30.2. The third-order valence-electron chi connectivity index (χ3n) is 4.58. The largest absolute Gasteiger partial charge is 0.416 e. The first-order valence-corrected chi connectivity index (χ1v) is 9.70. The predicted octanol–water partition coefficient (Wildman–Crippen LogP) is 5.17. The van der Waals surface area contributed by atoms with Crippen LogP contribution in [-0.4, -0.2) is 15.9 Å². The third kappa shape index (κ3) is 4.36. The number of benzene rings is 2. The van der Waals surface area contributed by atoms with Crippen LogP contribution in [0.1, 0.15) is 21.6 Å². The lowest BCUT2D eigenvalue weighted by atomic mass is 10.1. The van der Waals surface area contributed by atoms with Gasteiger partial charge in [0.15, 0.2) is 5.75 Å². The average Bonchev–Trinajstić information content (AvgIpc) is 3.18. The van der Waals surface area contributed by atoms with E-state index in [4.69, 9.17) is 27.9 Å². The molecule has 0 unspecified atom stereocenters. The Labute approximate surface area is 176 Å². The molecule has 4 rings (SSSR count). The van der Waals surface area contributed by atoms with Crippen molar-refractivity contribution in [3.8, 4) is 5.75 Å². The highest BCUT2D eigenvalue weighted by molar-refractivity contribution is 6.35. The van der Waals surface area contributed by atoms with Crippen molar-refractivity contribution in [1.29, 1.82) is 0 Å². The molecule has 2 aromatic heterocycles. The number of halogens is 2. The molecule has 0 fully saturated rings. The lowest BCUT2D eigenvalue weighted by molar-refractivity contribution is 0.0727. The molecule has 2 N–H and O–H groups in total. The molecule has 0 aliphatic carbocycles. The first kappa shape index (κ1) is 19.3. The normalized spacial score (nSPS) is 11.0. The first-order valence-electron chi connectivity index (χ1n) is 8.95. The molecule has 4 aromatic rings. The van der Waals surface area contributed by atoms with E-state index in [1.807, 2.05) is 24.3 Å². The van der Waals surface area contributed by atoms with E-state index in [-0.39, 0.29) is 11.4 Å². The van der Waals surface area contributed by atoms with Crippen LogP contribution < -0.4 is 10.3 Å². The van der Waals surface area contributed by atoms with Gasteiger partial charge in [-0.05, 0) is 60.4 Å². The summed E-state index contributed by atoms with van der Waals surface area (Å²) >= 11 is 12.1. The summed E-state index contributed by atoms with van der Waals surface area (Å²) in [5.41, 5.74) is 2.46. The maximum atomic E-state index is 12.5. The lowest BCUT2D eigenvalue weighted by Crippen LogP contribution is -2.16. The average molecular weight is 427 g/mol.